The summed E-state index contributed by atoms with van der Waals surface area (Å²) < 4.78 is 6.46. The van der Waals surface area contributed by atoms with E-state index in [0.29, 0.717) is 5.88 Å². The Morgan fingerprint density at radius 2 is 1.85 bits per heavy atom. The lowest BCUT2D eigenvalue weighted by Crippen LogP contribution is -1.97. The van der Waals surface area contributed by atoms with Gasteiger partial charge < -0.3 is 4.74 Å². The van der Waals surface area contributed by atoms with Gasteiger partial charge in [0.15, 0.2) is 0 Å². The third-order valence-electron chi connectivity index (χ3n) is 3.25. The fraction of sp³-hybridized carbons (Fsp3) is 0.118. The first-order chi connectivity index (χ1) is 9.76. The molecule has 100 valence electrons. The van der Waals surface area contributed by atoms with E-state index in [9.17, 15) is 0 Å². The van der Waals surface area contributed by atoms with Crippen molar-refractivity contribution in [1.82, 2.24) is 4.98 Å². The largest absolute Gasteiger partial charge is 0.481 e. The van der Waals surface area contributed by atoms with Gasteiger partial charge in [0.25, 0.3) is 0 Å². The molecule has 2 nitrogen and oxygen atoms in total. The molecule has 0 N–H and O–H groups in total. The number of hydrogen-bond acceptors (Lipinski definition) is 2. The Balaban J connectivity index is 2.07. The van der Waals surface area contributed by atoms with E-state index in [1.165, 1.54) is 5.56 Å². The van der Waals surface area contributed by atoms with Gasteiger partial charge in [-0.15, -0.1) is 0 Å². The van der Waals surface area contributed by atoms with E-state index >= 15 is 0 Å². The number of aromatic nitrogens is 1. The highest BCUT2D eigenvalue weighted by Crippen LogP contribution is 2.26. The molecule has 3 rings (SSSR count). The predicted molar refractivity (Wildman–Crippen MR) is 85.2 cm³/mol. The molecule has 3 aromatic rings. The van der Waals surface area contributed by atoms with Crippen molar-refractivity contribution in [2.45, 2.75) is 6.42 Å². The number of nitrogens with zero attached hydrogens (tertiary/aromatic N) is 1. The van der Waals surface area contributed by atoms with E-state index in [1.807, 2.05) is 30.3 Å². The molecule has 0 unspecified atom stereocenters. The highest BCUT2D eigenvalue weighted by molar-refractivity contribution is 9.10. The minimum atomic E-state index is 0.694. The van der Waals surface area contributed by atoms with Crippen LogP contribution in [0.2, 0.25) is 0 Å². The molecular weight excluding hydrogens is 314 g/mol. The minimum absolute atomic E-state index is 0.694. The van der Waals surface area contributed by atoms with E-state index < -0.39 is 0 Å². The molecule has 0 saturated heterocycles. The molecule has 0 aliphatic heterocycles. The van der Waals surface area contributed by atoms with Gasteiger partial charge in [-0.25, -0.2) is 4.98 Å². The predicted octanol–water partition coefficient (Wildman–Crippen LogP) is 4.60. The molecule has 2 aromatic carbocycles. The second kappa shape index (κ2) is 5.63. The van der Waals surface area contributed by atoms with Crippen LogP contribution in [0.3, 0.4) is 0 Å². The Morgan fingerprint density at radius 3 is 2.60 bits per heavy atom. The van der Waals surface area contributed by atoms with Gasteiger partial charge in [-0.1, -0.05) is 52.3 Å². The molecule has 1 heterocycles. The number of methoxy groups -OCH3 is 1. The van der Waals surface area contributed by atoms with Crippen LogP contribution in [-0.4, -0.2) is 12.1 Å². The second-order valence-corrected chi connectivity index (χ2v) is 5.57. The minimum Gasteiger partial charge on any atom is -0.481 e. The highest BCUT2D eigenvalue weighted by Gasteiger charge is 2.08. The number of rotatable bonds is 3. The summed E-state index contributed by atoms with van der Waals surface area (Å²) in [5.74, 6) is 0.694. The van der Waals surface area contributed by atoms with Gasteiger partial charge in [0, 0.05) is 21.8 Å². The Labute approximate surface area is 126 Å². The lowest BCUT2D eigenvalue weighted by atomic mass is 10.0. The summed E-state index contributed by atoms with van der Waals surface area (Å²) in [5, 5.41) is 1.12. The molecule has 3 heteroatoms. The van der Waals surface area contributed by atoms with Crippen LogP contribution in [0.1, 0.15) is 11.1 Å². The van der Waals surface area contributed by atoms with Gasteiger partial charge in [-0.2, -0.15) is 0 Å². The second-order valence-electron chi connectivity index (χ2n) is 4.66. The Bertz CT molecular complexity index is 741. The van der Waals surface area contributed by atoms with Gasteiger partial charge >= 0.3 is 0 Å². The van der Waals surface area contributed by atoms with Gasteiger partial charge in [-0.05, 0) is 23.8 Å². The maximum Gasteiger partial charge on any atom is 0.217 e. The van der Waals surface area contributed by atoms with Crippen LogP contribution in [-0.2, 0) is 6.42 Å². The van der Waals surface area contributed by atoms with Crippen molar-refractivity contribution >= 4 is 26.8 Å². The Kier molecular flexibility index (Phi) is 3.70. The summed E-state index contributed by atoms with van der Waals surface area (Å²) in [5.41, 5.74) is 3.30. The van der Waals surface area contributed by atoms with Gasteiger partial charge in [0.2, 0.25) is 5.88 Å². The van der Waals surface area contributed by atoms with Gasteiger partial charge in [0.1, 0.15) is 0 Å². The number of benzene rings is 2. The summed E-state index contributed by atoms with van der Waals surface area (Å²) in [6, 6.07) is 18.6. The number of ether oxygens (including phenoxy) is 1. The molecule has 0 radical (unpaired) electrons. The third kappa shape index (κ3) is 2.68. The van der Waals surface area contributed by atoms with Crippen LogP contribution in [0, 0.1) is 0 Å². The van der Waals surface area contributed by atoms with Crippen LogP contribution >= 0.6 is 15.9 Å². The number of halogens is 1. The standard InChI is InChI=1S/C17H14BrNO/c1-20-17-14(9-12-5-3-2-4-6-12)10-13-7-8-15(18)11-16(13)19-17/h2-8,10-11H,9H2,1H3. The first kappa shape index (κ1) is 13.1. The smallest absolute Gasteiger partial charge is 0.217 e. The van der Waals surface area contributed by atoms with Crippen molar-refractivity contribution in [2.75, 3.05) is 7.11 Å². The molecule has 0 spiro atoms. The van der Waals surface area contributed by atoms with Crippen molar-refractivity contribution in [3.8, 4) is 5.88 Å². The van der Waals surface area contributed by atoms with Crippen molar-refractivity contribution < 1.29 is 4.74 Å². The maximum absolute atomic E-state index is 5.44. The average Bonchev–Trinajstić information content (AvgIpc) is 2.48. The molecule has 0 saturated carbocycles. The number of fused-ring (bicyclic) bond motifs is 1. The number of pyridine rings is 1. The molecule has 20 heavy (non-hydrogen) atoms. The SMILES string of the molecule is COc1nc2cc(Br)ccc2cc1Cc1ccccc1. The monoisotopic (exact) mass is 327 g/mol. The number of hydrogen-bond donors (Lipinski definition) is 0. The normalized spacial score (nSPS) is 10.7. The summed E-state index contributed by atoms with van der Waals surface area (Å²) in [7, 11) is 1.67. The van der Waals surface area contributed by atoms with Crippen molar-refractivity contribution in [3.63, 3.8) is 0 Å². The lowest BCUT2D eigenvalue weighted by molar-refractivity contribution is 0.395. The zero-order valence-electron chi connectivity index (χ0n) is 11.1. The van der Waals surface area contributed by atoms with E-state index in [4.69, 9.17) is 4.74 Å². The van der Waals surface area contributed by atoms with Crippen LogP contribution in [0.4, 0.5) is 0 Å². The zero-order chi connectivity index (χ0) is 13.9. The van der Waals surface area contributed by atoms with Crippen molar-refractivity contribution in [2.24, 2.45) is 0 Å². The molecule has 0 bridgehead atoms. The summed E-state index contributed by atoms with van der Waals surface area (Å²) in [4.78, 5) is 4.60. The van der Waals surface area contributed by atoms with Crippen molar-refractivity contribution in [3.05, 3.63) is 70.2 Å². The van der Waals surface area contributed by atoms with E-state index in [1.54, 1.807) is 7.11 Å². The fourth-order valence-corrected chi connectivity index (χ4v) is 2.63. The average molecular weight is 328 g/mol. The lowest BCUT2D eigenvalue weighted by Gasteiger charge is -2.10. The maximum atomic E-state index is 5.44. The summed E-state index contributed by atoms with van der Waals surface area (Å²) >= 11 is 3.47. The zero-order valence-corrected chi connectivity index (χ0v) is 12.7. The van der Waals surface area contributed by atoms with Crippen molar-refractivity contribution in [1.29, 1.82) is 0 Å². The molecule has 0 atom stereocenters. The van der Waals surface area contributed by atoms with Crippen LogP contribution in [0.25, 0.3) is 10.9 Å². The fourth-order valence-electron chi connectivity index (χ4n) is 2.29. The molecule has 0 amide bonds. The Hall–Kier alpha value is -1.87. The van der Waals surface area contributed by atoms with Gasteiger partial charge in [0.05, 0.1) is 12.6 Å². The summed E-state index contributed by atoms with van der Waals surface area (Å²) in [6.07, 6.45) is 0.822. The topological polar surface area (TPSA) is 22.1 Å². The van der Waals surface area contributed by atoms with Crippen LogP contribution in [0.5, 0.6) is 5.88 Å². The van der Waals surface area contributed by atoms with E-state index in [2.05, 4.69) is 45.2 Å². The molecule has 0 aliphatic rings. The van der Waals surface area contributed by atoms with Crippen LogP contribution in [0.15, 0.2) is 59.1 Å². The van der Waals surface area contributed by atoms with Crippen LogP contribution < -0.4 is 4.74 Å². The molecule has 1 aromatic heterocycles. The Morgan fingerprint density at radius 1 is 1.05 bits per heavy atom. The quantitative estimate of drug-likeness (QED) is 0.701. The third-order valence-corrected chi connectivity index (χ3v) is 3.74. The summed E-state index contributed by atoms with van der Waals surface area (Å²) in [6.45, 7) is 0. The highest BCUT2D eigenvalue weighted by atomic mass is 79.9. The van der Waals surface area contributed by atoms with Gasteiger partial charge in [-0.3, -0.25) is 0 Å². The van der Waals surface area contributed by atoms with E-state index in [-0.39, 0.29) is 0 Å². The first-order valence-electron chi connectivity index (χ1n) is 6.43. The first-order valence-corrected chi connectivity index (χ1v) is 7.22. The van der Waals surface area contributed by atoms with E-state index in [0.717, 1.165) is 27.4 Å². The molecule has 0 aliphatic carbocycles. The molecule has 0 fully saturated rings. The molecular formula is C17H14BrNO.